The molecule has 0 aliphatic carbocycles. The van der Waals surface area contributed by atoms with Crippen molar-refractivity contribution in [1.82, 2.24) is 0 Å². The highest BCUT2D eigenvalue weighted by atomic mass is 16.5. The van der Waals surface area contributed by atoms with Crippen molar-refractivity contribution in [2.45, 2.75) is 24.4 Å². The van der Waals surface area contributed by atoms with Gasteiger partial charge in [-0.1, -0.05) is 0 Å². The van der Waals surface area contributed by atoms with Crippen molar-refractivity contribution in [3.63, 3.8) is 0 Å². The number of rotatable bonds is 7. The minimum atomic E-state index is -1.82. The van der Waals surface area contributed by atoms with Gasteiger partial charge in [0.2, 0.25) is 0 Å². The van der Waals surface area contributed by atoms with Crippen LogP contribution in [0.2, 0.25) is 0 Å². The first-order valence-electron chi connectivity index (χ1n) is 3.77. The molecule has 0 aromatic rings. The number of carbonyl (C=O) groups excluding carboxylic acids is 2. The summed E-state index contributed by atoms with van der Waals surface area (Å²) in [5, 5.41) is 35.9. The smallest absolute Gasteiger partial charge is 0.293 e. The summed E-state index contributed by atoms with van der Waals surface area (Å²) < 4.78 is 4.11. The Bertz CT molecular complexity index is 183. The third-order valence-electron chi connectivity index (χ3n) is 1.57. The SMILES string of the molecule is O=COC[C@@H](O)[C@@H](O)[C@H](O)[C@@H](O)C=O. The lowest BCUT2D eigenvalue weighted by Gasteiger charge is -2.23. The predicted molar refractivity (Wildman–Crippen MR) is 42.1 cm³/mol. The lowest BCUT2D eigenvalue weighted by atomic mass is 10.0. The monoisotopic (exact) mass is 208 g/mol. The first-order valence-corrected chi connectivity index (χ1v) is 3.77. The van der Waals surface area contributed by atoms with Crippen LogP contribution in [-0.2, 0) is 14.3 Å². The van der Waals surface area contributed by atoms with Gasteiger partial charge in [0.05, 0.1) is 0 Å². The highest BCUT2D eigenvalue weighted by Gasteiger charge is 2.30. The van der Waals surface area contributed by atoms with Gasteiger partial charge in [-0.15, -0.1) is 0 Å². The Labute approximate surface area is 79.5 Å². The van der Waals surface area contributed by atoms with Crippen LogP contribution >= 0.6 is 0 Å². The molecule has 0 radical (unpaired) electrons. The van der Waals surface area contributed by atoms with E-state index in [1.165, 1.54) is 0 Å². The summed E-state index contributed by atoms with van der Waals surface area (Å²) in [6.45, 7) is -0.480. The maximum absolute atomic E-state index is 10.00. The van der Waals surface area contributed by atoms with E-state index < -0.39 is 31.0 Å². The van der Waals surface area contributed by atoms with Gasteiger partial charge >= 0.3 is 0 Å². The molecule has 0 amide bonds. The van der Waals surface area contributed by atoms with Crippen molar-refractivity contribution < 1.29 is 34.8 Å². The summed E-state index contributed by atoms with van der Waals surface area (Å²) in [4.78, 5) is 19.7. The molecule has 0 rings (SSSR count). The van der Waals surface area contributed by atoms with Crippen molar-refractivity contribution in [3.05, 3.63) is 0 Å². The molecule has 0 fully saturated rings. The Morgan fingerprint density at radius 3 is 2.07 bits per heavy atom. The molecular weight excluding hydrogens is 196 g/mol. The van der Waals surface area contributed by atoms with E-state index in [0.29, 0.717) is 0 Å². The Morgan fingerprint density at radius 2 is 1.64 bits per heavy atom. The molecule has 0 saturated carbocycles. The van der Waals surface area contributed by atoms with Gasteiger partial charge in [-0.3, -0.25) is 4.79 Å². The fourth-order valence-electron chi connectivity index (χ4n) is 0.747. The molecule has 0 aromatic heterocycles. The molecule has 0 aliphatic heterocycles. The molecule has 4 atom stereocenters. The van der Waals surface area contributed by atoms with E-state index >= 15 is 0 Å². The van der Waals surface area contributed by atoms with Gasteiger partial charge in [-0.05, 0) is 0 Å². The zero-order chi connectivity index (χ0) is 11.1. The Balaban J connectivity index is 4.08. The van der Waals surface area contributed by atoms with Gasteiger partial charge in [-0.25, -0.2) is 0 Å². The number of aldehydes is 1. The second-order valence-corrected chi connectivity index (χ2v) is 2.60. The molecule has 4 N–H and O–H groups in total. The second kappa shape index (κ2) is 6.44. The highest BCUT2D eigenvalue weighted by molar-refractivity contribution is 5.56. The maximum Gasteiger partial charge on any atom is 0.293 e. The first-order chi connectivity index (χ1) is 6.54. The molecule has 0 saturated heterocycles. The van der Waals surface area contributed by atoms with E-state index in [2.05, 4.69) is 4.74 Å². The largest absolute Gasteiger partial charge is 0.465 e. The van der Waals surface area contributed by atoms with E-state index in [-0.39, 0.29) is 12.8 Å². The molecule has 0 bridgehead atoms. The van der Waals surface area contributed by atoms with Gasteiger partial charge in [0, 0.05) is 0 Å². The number of ether oxygens (including phenoxy) is 1. The number of hydrogen-bond donors (Lipinski definition) is 4. The molecule has 0 heterocycles. The Kier molecular flexibility index (Phi) is 5.97. The van der Waals surface area contributed by atoms with Gasteiger partial charge in [-0.2, -0.15) is 0 Å². The summed E-state index contributed by atoms with van der Waals surface area (Å²) in [5.74, 6) is 0. The molecule has 0 spiro atoms. The summed E-state index contributed by atoms with van der Waals surface area (Å²) >= 11 is 0. The van der Waals surface area contributed by atoms with Gasteiger partial charge < -0.3 is 30.0 Å². The van der Waals surface area contributed by atoms with E-state index in [1.807, 2.05) is 0 Å². The molecule has 0 unspecified atom stereocenters. The molecule has 82 valence electrons. The summed E-state index contributed by atoms with van der Waals surface area (Å²) in [6, 6.07) is 0. The Morgan fingerprint density at radius 1 is 1.07 bits per heavy atom. The number of carbonyl (C=O) groups is 2. The minimum absolute atomic E-state index is 0.0151. The van der Waals surface area contributed by atoms with Crippen LogP contribution < -0.4 is 0 Å². The van der Waals surface area contributed by atoms with Crippen LogP contribution in [0.5, 0.6) is 0 Å². The van der Waals surface area contributed by atoms with E-state index in [0.717, 1.165) is 0 Å². The molecule has 14 heavy (non-hydrogen) atoms. The quantitative estimate of drug-likeness (QED) is 0.325. The summed E-state index contributed by atoms with van der Waals surface area (Å²) in [7, 11) is 0. The summed E-state index contributed by atoms with van der Waals surface area (Å²) in [5.41, 5.74) is 0. The first kappa shape index (κ1) is 13.0. The Hall–Kier alpha value is -1.02. The van der Waals surface area contributed by atoms with Crippen LogP contribution in [0.4, 0.5) is 0 Å². The normalized spacial score (nSPS) is 19.1. The van der Waals surface area contributed by atoms with Crippen molar-refractivity contribution >= 4 is 12.8 Å². The second-order valence-electron chi connectivity index (χ2n) is 2.60. The average Bonchev–Trinajstić information content (AvgIpc) is 2.22. The van der Waals surface area contributed by atoms with Crippen LogP contribution in [0, 0.1) is 0 Å². The van der Waals surface area contributed by atoms with Crippen LogP contribution in [-0.4, -0.2) is 64.2 Å². The fourth-order valence-corrected chi connectivity index (χ4v) is 0.747. The predicted octanol–water partition coefficient (Wildman–Crippen LogP) is -3.20. The minimum Gasteiger partial charge on any atom is -0.465 e. The summed E-state index contributed by atoms with van der Waals surface area (Å²) in [6.07, 6.45) is -6.94. The molecule has 7 heteroatoms. The fraction of sp³-hybridized carbons (Fsp3) is 0.714. The number of aliphatic hydroxyl groups excluding tert-OH is 4. The standard InChI is InChI=1S/C7H12O7/c8-1-4(10)6(12)7(13)5(11)2-14-3-9/h1,3-7,10-13H,2H2/t4-,5+,6+,7+/m0/s1. The lowest BCUT2D eigenvalue weighted by molar-refractivity contribution is -0.146. The zero-order valence-electron chi connectivity index (χ0n) is 7.18. The average molecular weight is 208 g/mol. The van der Waals surface area contributed by atoms with Crippen molar-refractivity contribution in [3.8, 4) is 0 Å². The molecular formula is C7H12O7. The number of hydrogen-bond acceptors (Lipinski definition) is 7. The van der Waals surface area contributed by atoms with E-state index in [4.69, 9.17) is 20.4 Å². The van der Waals surface area contributed by atoms with E-state index in [1.54, 1.807) is 0 Å². The maximum atomic E-state index is 10.00. The molecule has 0 aliphatic rings. The highest BCUT2D eigenvalue weighted by Crippen LogP contribution is 2.04. The third kappa shape index (κ3) is 3.79. The zero-order valence-corrected chi connectivity index (χ0v) is 7.18. The van der Waals surface area contributed by atoms with Crippen LogP contribution in [0.3, 0.4) is 0 Å². The van der Waals surface area contributed by atoms with Crippen molar-refractivity contribution in [1.29, 1.82) is 0 Å². The van der Waals surface area contributed by atoms with Crippen molar-refractivity contribution in [2.75, 3.05) is 6.61 Å². The molecule has 0 aromatic carbocycles. The number of aliphatic hydroxyl groups is 4. The van der Waals surface area contributed by atoms with Crippen LogP contribution in [0.1, 0.15) is 0 Å². The third-order valence-corrected chi connectivity index (χ3v) is 1.57. The van der Waals surface area contributed by atoms with Crippen LogP contribution in [0.15, 0.2) is 0 Å². The van der Waals surface area contributed by atoms with E-state index in [9.17, 15) is 9.59 Å². The molecule has 7 nitrogen and oxygen atoms in total. The topological polar surface area (TPSA) is 124 Å². The van der Waals surface area contributed by atoms with Crippen LogP contribution in [0.25, 0.3) is 0 Å². The van der Waals surface area contributed by atoms with Gasteiger partial charge in [0.1, 0.15) is 31.0 Å². The van der Waals surface area contributed by atoms with Gasteiger partial charge in [0.15, 0.2) is 6.29 Å². The lowest BCUT2D eigenvalue weighted by Crippen LogP contribution is -2.46. The van der Waals surface area contributed by atoms with Crippen molar-refractivity contribution in [2.24, 2.45) is 0 Å². The van der Waals surface area contributed by atoms with Gasteiger partial charge in [0.25, 0.3) is 6.47 Å².